The Hall–Kier alpha value is -1.55. The summed E-state index contributed by atoms with van der Waals surface area (Å²) in [6.07, 6.45) is 4.02. The minimum atomic E-state index is 0.00909. The number of rotatable bonds is 4. The Balaban J connectivity index is 1.54. The summed E-state index contributed by atoms with van der Waals surface area (Å²) in [4.78, 5) is 12.2. The summed E-state index contributed by atoms with van der Waals surface area (Å²) in [7, 11) is 0. The van der Waals surface area contributed by atoms with Gasteiger partial charge in [-0.2, -0.15) is 0 Å². The quantitative estimate of drug-likeness (QED) is 0.899. The zero-order valence-corrected chi connectivity index (χ0v) is 13.6. The second-order valence-corrected chi connectivity index (χ2v) is 6.59. The molecule has 0 spiro atoms. The van der Waals surface area contributed by atoms with E-state index in [4.69, 9.17) is 4.74 Å². The summed E-state index contributed by atoms with van der Waals surface area (Å²) < 4.78 is 5.80. The van der Waals surface area contributed by atoms with Gasteiger partial charge in [-0.25, -0.2) is 0 Å². The maximum atomic E-state index is 12.2. The number of amides is 1. The average molecular weight is 302 g/mol. The van der Waals surface area contributed by atoms with Crippen molar-refractivity contribution in [1.29, 1.82) is 0 Å². The number of hydrogen-bond acceptors (Lipinski definition) is 3. The zero-order valence-electron chi connectivity index (χ0n) is 13.6. The first-order chi connectivity index (χ1) is 10.6. The van der Waals surface area contributed by atoms with E-state index in [9.17, 15) is 4.79 Å². The summed E-state index contributed by atoms with van der Waals surface area (Å²) >= 11 is 0. The van der Waals surface area contributed by atoms with E-state index >= 15 is 0 Å². The Bertz CT molecular complexity index is 550. The second kappa shape index (κ2) is 6.69. The molecule has 3 rings (SSSR count). The minimum absolute atomic E-state index is 0.00909. The van der Waals surface area contributed by atoms with Gasteiger partial charge in [-0.1, -0.05) is 12.1 Å². The van der Waals surface area contributed by atoms with Crippen LogP contribution in [0.5, 0.6) is 5.75 Å². The maximum Gasteiger partial charge on any atom is 0.220 e. The van der Waals surface area contributed by atoms with Gasteiger partial charge >= 0.3 is 0 Å². The van der Waals surface area contributed by atoms with Crippen molar-refractivity contribution < 1.29 is 9.53 Å². The standard InChI is InChI=1S/C18H26N2O2/c1-12-3-5-15-16(11-22-18(15)13(12)2)20-17(21)6-4-14-7-9-19-10-8-14/h3,5,14,16,19H,4,6-11H2,1-2H3,(H,20,21). The Morgan fingerprint density at radius 2 is 2.09 bits per heavy atom. The lowest BCUT2D eigenvalue weighted by atomic mass is 9.93. The van der Waals surface area contributed by atoms with E-state index in [1.165, 1.54) is 24.0 Å². The fourth-order valence-corrected chi connectivity index (χ4v) is 3.43. The Kier molecular flexibility index (Phi) is 4.67. The molecule has 0 radical (unpaired) electrons. The molecule has 1 saturated heterocycles. The van der Waals surface area contributed by atoms with E-state index in [0.29, 0.717) is 18.9 Å². The van der Waals surface area contributed by atoms with E-state index < -0.39 is 0 Å². The molecule has 2 aliphatic rings. The maximum absolute atomic E-state index is 12.2. The summed E-state index contributed by atoms with van der Waals surface area (Å²) in [5, 5.41) is 6.51. The fourth-order valence-electron chi connectivity index (χ4n) is 3.43. The lowest BCUT2D eigenvalue weighted by Gasteiger charge is -2.22. The largest absolute Gasteiger partial charge is 0.490 e. The highest BCUT2D eigenvalue weighted by Crippen LogP contribution is 2.36. The van der Waals surface area contributed by atoms with E-state index in [1.807, 2.05) is 0 Å². The summed E-state index contributed by atoms with van der Waals surface area (Å²) in [5.74, 6) is 1.81. The molecule has 22 heavy (non-hydrogen) atoms. The van der Waals surface area contributed by atoms with Crippen molar-refractivity contribution in [2.24, 2.45) is 5.92 Å². The number of carbonyl (C=O) groups excluding carboxylic acids is 1. The van der Waals surface area contributed by atoms with Crippen molar-refractivity contribution in [3.8, 4) is 5.75 Å². The van der Waals surface area contributed by atoms with Crippen molar-refractivity contribution in [1.82, 2.24) is 10.6 Å². The molecular formula is C18H26N2O2. The van der Waals surface area contributed by atoms with Gasteiger partial charge in [-0.3, -0.25) is 4.79 Å². The van der Waals surface area contributed by atoms with Crippen LogP contribution in [0.3, 0.4) is 0 Å². The normalized spacial score (nSPS) is 21.3. The molecular weight excluding hydrogens is 276 g/mol. The Morgan fingerprint density at radius 3 is 2.86 bits per heavy atom. The van der Waals surface area contributed by atoms with Crippen LogP contribution in [0.2, 0.25) is 0 Å². The number of fused-ring (bicyclic) bond motifs is 1. The highest BCUT2D eigenvalue weighted by atomic mass is 16.5. The summed E-state index contributed by atoms with van der Waals surface area (Å²) in [5.41, 5.74) is 3.54. The number of carbonyl (C=O) groups is 1. The molecule has 120 valence electrons. The molecule has 1 unspecified atom stereocenters. The molecule has 2 heterocycles. The van der Waals surface area contributed by atoms with E-state index in [-0.39, 0.29) is 11.9 Å². The number of piperidine rings is 1. The number of hydrogen-bond donors (Lipinski definition) is 2. The van der Waals surface area contributed by atoms with Crippen molar-refractivity contribution in [3.63, 3.8) is 0 Å². The molecule has 0 aromatic heterocycles. The topological polar surface area (TPSA) is 50.4 Å². The molecule has 1 aromatic carbocycles. The Labute approximate surface area is 132 Å². The van der Waals surface area contributed by atoms with Crippen LogP contribution in [0, 0.1) is 19.8 Å². The molecule has 0 bridgehead atoms. The van der Waals surface area contributed by atoms with Crippen molar-refractivity contribution >= 4 is 5.91 Å². The van der Waals surface area contributed by atoms with Crippen molar-refractivity contribution in [3.05, 3.63) is 28.8 Å². The minimum Gasteiger partial charge on any atom is -0.490 e. The van der Waals surface area contributed by atoms with Crippen molar-refractivity contribution in [2.75, 3.05) is 19.7 Å². The third-order valence-corrected chi connectivity index (χ3v) is 5.05. The fraction of sp³-hybridized carbons (Fsp3) is 0.611. The third-order valence-electron chi connectivity index (χ3n) is 5.05. The van der Waals surface area contributed by atoms with Crippen LogP contribution in [-0.4, -0.2) is 25.6 Å². The molecule has 4 nitrogen and oxygen atoms in total. The zero-order chi connectivity index (χ0) is 15.5. The van der Waals surface area contributed by atoms with E-state index in [0.717, 1.165) is 30.8 Å². The lowest BCUT2D eigenvalue weighted by molar-refractivity contribution is -0.122. The van der Waals surface area contributed by atoms with Gasteiger partial charge in [0.2, 0.25) is 5.91 Å². The molecule has 2 aliphatic heterocycles. The van der Waals surface area contributed by atoms with Gasteiger partial charge in [0.25, 0.3) is 0 Å². The first-order valence-corrected chi connectivity index (χ1v) is 8.38. The van der Waals surface area contributed by atoms with Gasteiger partial charge in [0.05, 0.1) is 6.04 Å². The van der Waals surface area contributed by atoms with Crippen LogP contribution in [0.25, 0.3) is 0 Å². The Morgan fingerprint density at radius 1 is 1.32 bits per heavy atom. The molecule has 2 N–H and O–H groups in total. The second-order valence-electron chi connectivity index (χ2n) is 6.59. The van der Waals surface area contributed by atoms with Gasteiger partial charge in [0.1, 0.15) is 12.4 Å². The molecule has 0 saturated carbocycles. The van der Waals surface area contributed by atoms with Crippen molar-refractivity contribution in [2.45, 2.75) is 45.6 Å². The highest BCUT2D eigenvalue weighted by molar-refractivity contribution is 5.76. The highest BCUT2D eigenvalue weighted by Gasteiger charge is 2.27. The lowest BCUT2D eigenvalue weighted by Crippen LogP contribution is -2.31. The summed E-state index contributed by atoms with van der Waals surface area (Å²) in [6, 6.07) is 4.20. The molecule has 4 heteroatoms. The average Bonchev–Trinajstić information content (AvgIpc) is 2.93. The first-order valence-electron chi connectivity index (χ1n) is 8.38. The van der Waals surface area contributed by atoms with Crippen LogP contribution >= 0.6 is 0 Å². The van der Waals surface area contributed by atoms with Gasteiger partial charge in [-0.05, 0) is 63.2 Å². The molecule has 0 aliphatic carbocycles. The SMILES string of the molecule is Cc1ccc2c(c1C)OCC2NC(=O)CCC1CCNCC1. The number of aryl methyl sites for hydroxylation is 1. The third kappa shape index (κ3) is 3.27. The van der Waals surface area contributed by atoms with Crippen LogP contribution < -0.4 is 15.4 Å². The van der Waals surface area contributed by atoms with Gasteiger partial charge in [0, 0.05) is 12.0 Å². The number of nitrogens with one attached hydrogen (secondary N) is 2. The first kappa shape index (κ1) is 15.3. The monoisotopic (exact) mass is 302 g/mol. The van der Waals surface area contributed by atoms with E-state index in [1.54, 1.807) is 0 Å². The van der Waals surface area contributed by atoms with Crippen LogP contribution in [-0.2, 0) is 4.79 Å². The molecule has 1 aromatic rings. The van der Waals surface area contributed by atoms with Gasteiger partial charge in [-0.15, -0.1) is 0 Å². The predicted molar refractivity (Wildman–Crippen MR) is 87.1 cm³/mol. The number of ether oxygens (including phenoxy) is 1. The van der Waals surface area contributed by atoms with Crippen LogP contribution in [0.15, 0.2) is 12.1 Å². The summed E-state index contributed by atoms with van der Waals surface area (Å²) in [6.45, 7) is 6.90. The van der Waals surface area contributed by atoms with Crippen LogP contribution in [0.4, 0.5) is 0 Å². The van der Waals surface area contributed by atoms with E-state index in [2.05, 4.69) is 36.6 Å². The van der Waals surface area contributed by atoms with Gasteiger partial charge < -0.3 is 15.4 Å². The number of benzene rings is 1. The predicted octanol–water partition coefficient (Wildman–Crippen LogP) is 2.63. The molecule has 1 fully saturated rings. The molecule has 1 atom stereocenters. The van der Waals surface area contributed by atoms with Crippen LogP contribution in [0.1, 0.15) is 48.4 Å². The van der Waals surface area contributed by atoms with Gasteiger partial charge in [0.15, 0.2) is 0 Å². The molecule has 1 amide bonds. The smallest absolute Gasteiger partial charge is 0.220 e.